The molecular weight excluding hydrogens is 450 g/mol. The number of para-hydroxylation sites is 1. The van der Waals surface area contributed by atoms with Gasteiger partial charge in [0.15, 0.2) is 16.7 Å². The number of rotatable bonds is 7. The van der Waals surface area contributed by atoms with Gasteiger partial charge in [-0.15, -0.1) is 0 Å². The van der Waals surface area contributed by atoms with Crippen LogP contribution >= 0.6 is 11.8 Å². The van der Waals surface area contributed by atoms with Crippen LogP contribution in [0.2, 0.25) is 0 Å². The molecule has 0 saturated carbocycles. The Labute approximate surface area is 201 Å². The second kappa shape index (κ2) is 10.0. The molecule has 0 fully saturated rings. The van der Waals surface area contributed by atoms with Crippen LogP contribution in [0, 0.1) is 6.92 Å². The Morgan fingerprint density at radius 2 is 1.71 bits per heavy atom. The van der Waals surface area contributed by atoms with E-state index in [1.54, 1.807) is 50.4 Å². The van der Waals surface area contributed by atoms with Gasteiger partial charge >= 0.3 is 0 Å². The topological polar surface area (TPSA) is 82.5 Å². The average molecular weight is 476 g/mol. The van der Waals surface area contributed by atoms with Gasteiger partial charge in [-0.25, -0.2) is 4.98 Å². The second-order valence-electron chi connectivity index (χ2n) is 7.71. The monoisotopic (exact) mass is 475 g/mol. The summed E-state index contributed by atoms with van der Waals surface area (Å²) < 4.78 is 12.3. The molecule has 4 rings (SSSR count). The normalized spacial score (nSPS) is 11.8. The van der Waals surface area contributed by atoms with Crippen molar-refractivity contribution in [3.05, 3.63) is 82.6 Å². The van der Waals surface area contributed by atoms with Crippen molar-refractivity contribution in [3.8, 4) is 17.2 Å². The third-order valence-corrected chi connectivity index (χ3v) is 6.39. The van der Waals surface area contributed by atoms with Gasteiger partial charge < -0.3 is 14.8 Å². The van der Waals surface area contributed by atoms with E-state index in [2.05, 4.69) is 5.32 Å². The first-order valence-corrected chi connectivity index (χ1v) is 11.6. The van der Waals surface area contributed by atoms with Gasteiger partial charge in [-0.2, -0.15) is 0 Å². The molecule has 0 aliphatic heterocycles. The number of benzene rings is 3. The number of aryl methyl sites for hydroxylation is 1. The first-order chi connectivity index (χ1) is 16.4. The summed E-state index contributed by atoms with van der Waals surface area (Å²) in [5.74, 6) is 0.851. The van der Waals surface area contributed by atoms with Gasteiger partial charge in [0.1, 0.15) is 0 Å². The lowest BCUT2D eigenvalue weighted by Crippen LogP contribution is -2.26. The Balaban J connectivity index is 1.75. The van der Waals surface area contributed by atoms with Crippen molar-refractivity contribution >= 4 is 34.3 Å². The number of fused-ring (bicyclic) bond motifs is 1. The van der Waals surface area contributed by atoms with E-state index in [4.69, 9.17) is 14.5 Å². The smallest absolute Gasteiger partial charge is 0.266 e. The highest BCUT2D eigenvalue weighted by atomic mass is 32.2. The van der Waals surface area contributed by atoms with Crippen LogP contribution in [0.5, 0.6) is 11.5 Å². The molecule has 1 aromatic heterocycles. The van der Waals surface area contributed by atoms with Crippen LogP contribution in [-0.4, -0.2) is 34.9 Å². The van der Waals surface area contributed by atoms with Gasteiger partial charge in [0.2, 0.25) is 5.91 Å². The number of carbonyl (C=O) groups excluding carboxylic acids is 1. The molecule has 0 saturated heterocycles. The van der Waals surface area contributed by atoms with E-state index in [0.717, 1.165) is 5.56 Å². The van der Waals surface area contributed by atoms with Gasteiger partial charge in [0.25, 0.3) is 5.56 Å². The highest BCUT2D eigenvalue weighted by Crippen LogP contribution is 2.31. The van der Waals surface area contributed by atoms with Crippen molar-refractivity contribution in [1.29, 1.82) is 0 Å². The minimum Gasteiger partial charge on any atom is -0.493 e. The molecule has 0 aliphatic carbocycles. The fraction of sp³-hybridized carbons (Fsp3) is 0.192. The van der Waals surface area contributed by atoms with Crippen LogP contribution in [0.25, 0.3) is 16.6 Å². The lowest BCUT2D eigenvalue weighted by Gasteiger charge is -2.17. The third-order valence-electron chi connectivity index (χ3n) is 5.34. The predicted molar refractivity (Wildman–Crippen MR) is 136 cm³/mol. The minimum atomic E-state index is -0.513. The van der Waals surface area contributed by atoms with Gasteiger partial charge in [-0.3, -0.25) is 14.2 Å². The van der Waals surface area contributed by atoms with Crippen LogP contribution in [-0.2, 0) is 4.79 Å². The number of nitrogens with zero attached hydrogens (tertiary/aromatic N) is 2. The number of carbonyl (C=O) groups is 1. The first-order valence-electron chi connectivity index (χ1n) is 10.7. The first kappa shape index (κ1) is 23.4. The van der Waals surface area contributed by atoms with Crippen molar-refractivity contribution < 1.29 is 14.3 Å². The maximum absolute atomic E-state index is 13.5. The van der Waals surface area contributed by atoms with Crippen molar-refractivity contribution in [2.75, 3.05) is 19.5 Å². The van der Waals surface area contributed by atoms with Crippen LogP contribution in [0.3, 0.4) is 0 Å². The molecule has 1 unspecified atom stereocenters. The molecule has 1 amide bonds. The third kappa shape index (κ3) is 4.77. The van der Waals surface area contributed by atoms with Crippen molar-refractivity contribution in [3.63, 3.8) is 0 Å². The number of anilines is 1. The molecule has 0 bridgehead atoms. The maximum atomic E-state index is 13.5. The van der Waals surface area contributed by atoms with Gasteiger partial charge in [-0.1, -0.05) is 41.6 Å². The molecule has 34 heavy (non-hydrogen) atoms. The van der Waals surface area contributed by atoms with E-state index in [0.29, 0.717) is 38.9 Å². The Bertz CT molecular complexity index is 1400. The summed E-state index contributed by atoms with van der Waals surface area (Å²) in [5, 5.41) is 3.30. The van der Waals surface area contributed by atoms with Gasteiger partial charge in [0, 0.05) is 11.8 Å². The molecule has 1 heterocycles. The molecule has 4 aromatic rings. The number of aromatic nitrogens is 2. The number of nitrogens with one attached hydrogen (secondary N) is 1. The Hall–Kier alpha value is -3.78. The zero-order valence-corrected chi connectivity index (χ0v) is 20.2. The van der Waals surface area contributed by atoms with Gasteiger partial charge in [0.05, 0.1) is 36.1 Å². The lowest BCUT2D eigenvalue weighted by atomic mass is 10.2. The summed E-state index contributed by atoms with van der Waals surface area (Å²) in [7, 11) is 3.09. The SMILES string of the molecule is COc1ccc(-n2c(SC(C)C(=O)Nc3ccc(C)cc3)nc3ccccc3c2=O)cc1OC. The molecule has 174 valence electrons. The number of thioether (sulfide) groups is 1. The van der Waals surface area contributed by atoms with E-state index in [9.17, 15) is 9.59 Å². The largest absolute Gasteiger partial charge is 0.493 e. The van der Waals surface area contributed by atoms with E-state index in [1.807, 2.05) is 37.3 Å². The summed E-state index contributed by atoms with van der Waals surface area (Å²) in [6, 6.07) is 20.0. The summed E-state index contributed by atoms with van der Waals surface area (Å²) in [4.78, 5) is 31.1. The maximum Gasteiger partial charge on any atom is 0.266 e. The number of amides is 1. The highest BCUT2D eigenvalue weighted by Gasteiger charge is 2.21. The Morgan fingerprint density at radius 1 is 1.00 bits per heavy atom. The molecule has 0 spiro atoms. The average Bonchev–Trinajstić information content (AvgIpc) is 2.85. The van der Waals surface area contributed by atoms with Crippen LogP contribution in [0.1, 0.15) is 12.5 Å². The van der Waals surface area contributed by atoms with Crippen LogP contribution in [0.15, 0.2) is 76.7 Å². The summed E-state index contributed by atoms with van der Waals surface area (Å²) in [6.07, 6.45) is 0. The number of methoxy groups -OCH3 is 2. The molecular formula is C26H25N3O4S. The molecule has 1 atom stereocenters. The highest BCUT2D eigenvalue weighted by molar-refractivity contribution is 8.00. The van der Waals surface area contributed by atoms with E-state index < -0.39 is 5.25 Å². The minimum absolute atomic E-state index is 0.185. The van der Waals surface area contributed by atoms with E-state index >= 15 is 0 Å². The zero-order valence-electron chi connectivity index (χ0n) is 19.4. The van der Waals surface area contributed by atoms with Crippen molar-refractivity contribution in [2.24, 2.45) is 0 Å². The van der Waals surface area contributed by atoms with E-state index in [-0.39, 0.29) is 11.5 Å². The Kier molecular flexibility index (Phi) is 6.88. The fourth-order valence-electron chi connectivity index (χ4n) is 3.48. The van der Waals surface area contributed by atoms with Crippen LogP contribution in [0.4, 0.5) is 5.69 Å². The van der Waals surface area contributed by atoms with Crippen LogP contribution < -0.4 is 20.3 Å². The molecule has 1 N–H and O–H groups in total. The summed E-state index contributed by atoms with van der Waals surface area (Å²) in [6.45, 7) is 3.78. The Morgan fingerprint density at radius 3 is 2.41 bits per heavy atom. The zero-order chi connectivity index (χ0) is 24.2. The lowest BCUT2D eigenvalue weighted by molar-refractivity contribution is -0.115. The number of ether oxygens (including phenoxy) is 2. The second-order valence-corrected chi connectivity index (χ2v) is 9.01. The summed E-state index contributed by atoms with van der Waals surface area (Å²) in [5.41, 5.74) is 2.73. The standard InChI is InChI=1S/C26H25N3O4S/c1-16-9-11-18(12-10-16)27-24(30)17(2)34-26-28-21-8-6-5-7-20(21)25(31)29(26)19-13-14-22(32-3)23(15-19)33-4/h5-15,17H,1-4H3,(H,27,30). The van der Waals surface area contributed by atoms with Crippen molar-refractivity contribution in [2.45, 2.75) is 24.3 Å². The van der Waals surface area contributed by atoms with Crippen molar-refractivity contribution in [1.82, 2.24) is 9.55 Å². The predicted octanol–water partition coefficient (Wildman–Crippen LogP) is 4.83. The molecule has 7 nitrogen and oxygen atoms in total. The van der Waals surface area contributed by atoms with E-state index in [1.165, 1.54) is 23.4 Å². The number of hydrogen-bond acceptors (Lipinski definition) is 6. The molecule has 0 radical (unpaired) electrons. The quantitative estimate of drug-likeness (QED) is 0.305. The summed E-state index contributed by atoms with van der Waals surface area (Å²) >= 11 is 1.22. The molecule has 8 heteroatoms. The molecule has 0 aliphatic rings. The number of hydrogen-bond donors (Lipinski definition) is 1. The van der Waals surface area contributed by atoms with Gasteiger partial charge in [-0.05, 0) is 50.2 Å². The molecule has 3 aromatic carbocycles. The fourth-order valence-corrected chi connectivity index (χ4v) is 4.40.